The van der Waals surface area contributed by atoms with Gasteiger partial charge in [0.15, 0.2) is 0 Å². The minimum Gasteiger partial charge on any atom is -0.464 e. The maximum Gasteiger partial charge on any atom is 0.322 e. The number of ether oxygens (including phenoxy) is 1. The average molecular weight is 273 g/mol. The molecule has 1 N–H and O–H groups in total. The predicted octanol–water partition coefficient (Wildman–Crippen LogP) is 1.13. The number of piperidine rings is 1. The van der Waals surface area contributed by atoms with E-state index < -0.39 is 0 Å². The van der Waals surface area contributed by atoms with E-state index >= 15 is 0 Å². The summed E-state index contributed by atoms with van der Waals surface area (Å²) in [6.45, 7) is 5.75. The fraction of sp³-hybridized carbons (Fsp3) is 0.727. The monoisotopic (exact) mass is 272 g/mol. The molecule has 100 valence electrons. The Morgan fingerprint density at radius 2 is 2.22 bits per heavy atom. The zero-order valence-electron chi connectivity index (χ0n) is 10.5. The van der Waals surface area contributed by atoms with Gasteiger partial charge in [-0.2, -0.15) is 15.0 Å². The third kappa shape index (κ3) is 3.00. The van der Waals surface area contributed by atoms with Gasteiger partial charge in [-0.15, -0.1) is 0 Å². The van der Waals surface area contributed by atoms with Crippen molar-refractivity contribution in [1.29, 1.82) is 0 Å². The molecule has 0 amide bonds. The summed E-state index contributed by atoms with van der Waals surface area (Å²) in [5.41, 5.74) is 0. The Morgan fingerprint density at radius 3 is 2.89 bits per heavy atom. The molecule has 1 aromatic rings. The molecule has 0 aromatic carbocycles. The topological polar surface area (TPSA) is 71.4 Å². The van der Waals surface area contributed by atoms with Crippen LogP contribution in [0.1, 0.15) is 20.3 Å². The van der Waals surface area contributed by atoms with Gasteiger partial charge in [-0.3, -0.25) is 0 Å². The van der Waals surface area contributed by atoms with Crippen LogP contribution in [0.5, 0.6) is 6.01 Å². The number of rotatable bonds is 3. The van der Waals surface area contributed by atoms with E-state index in [1.165, 1.54) is 0 Å². The number of halogens is 1. The fourth-order valence-electron chi connectivity index (χ4n) is 1.97. The molecule has 2 unspecified atom stereocenters. The van der Waals surface area contributed by atoms with Crippen molar-refractivity contribution >= 4 is 17.5 Å². The molecule has 0 spiro atoms. The first-order valence-corrected chi connectivity index (χ1v) is 6.45. The predicted molar refractivity (Wildman–Crippen MR) is 68.0 cm³/mol. The van der Waals surface area contributed by atoms with Gasteiger partial charge in [-0.1, -0.05) is 6.92 Å². The molecule has 0 bridgehead atoms. The van der Waals surface area contributed by atoms with Crippen LogP contribution in [-0.2, 0) is 0 Å². The first-order chi connectivity index (χ1) is 8.60. The van der Waals surface area contributed by atoms with E-state index in [9.17, 15) is 5.11 Å². The second-order valence-corrected chi connectivity index (χ2v) is 4.74. The summed E-state index contributed by atoms with van der Waals surface area (Å²) in [6.07, 6.45) is 0.443. The standard InChI is InChI=1S/C11H17ClN4O2/c1-3-18-11-14-9(12)13-10(15-11)16-5-4-8(17)7(2)6-16/h7-8,17H,3-6H2,1-2H3. The maximum absolute atomic E-state index is 9.71. The van der Waals surface area contributed by atoms with E-state index in [1.807, 2.05) is 18.7 Å². The summed E-state index contributed by atoms with van der Waals surface area (Å²) < 4.78 is 5.24. The summed E-state index contributed by atoms with van der Waals surface area (Å²) >= 11 is 5.85. The lowest BCUT2D eigenvalue weighted by molar-refractivity contribution is 0.0966. The third-order valence-electron chi connectivity index (χ3n) is 2.99. The Kier molecular flexibility index (Phi) is 4.19. The van der Waals surface area contributed by atoms with Gasteiger partial charge in [0.2, 0.25) is 11.2 Å². The summed E-state index contributed by atoms with van der Waals surface area (Å²) in [5.74, 6) is 0.696. The Hall–Kier alpha value is -1.14. The minimum atomic E-state index is -0.259. The molecule has 1 saturated heterocycles. The first kappa shape index (κ1) is 13.3. The summed E-state index contributed by atoms with van der Waals surface area (Å²) in [4.78, 5) is 14.2. The van der Waals surface area contributed by atoms with Gasteiger partial charge in [-0.25, -0.2) is 0 Å². The number of hydrogen-bond acceptors (Lipinski definition) is 6. The van der Waals surface area contributed by atoms with Crippen molar-refractivity contribution in [3.63, 3.8) is 0 Å². The molecule has 7 heteroatoms. The number of aliphatic hydroxyl groups excluding tert-OH is 1. The molecule has 0 aliphatic carbocycles. The van der Waals surface area contributed by atoms with Crippen molar-refractivity contribution in [3.05, 3.63) is 5.28 Å². The van der Waals surface area contributed by atoms with Crippen molar-refractivity contribution in [2.24, 2.45) is 5.92 Å². The number of aromatic nitrogens is 3. The smallest absolute Gasteiger partial charge is 0.322 e. The van der Waals surface area contributed by atoms with E-state index in [-0.39, 0.29) is 23.3 Å². The van der Waals surface area contributed by atoms with Gasteiger partial charge >= 0.3 is 6.01 Å². The van der Waals surface area contributed by atoms with Crippen molar-refractivity contribution in [2.45, 2.75) is 26.4 Å². The van der Waals surface area contributed by atoms with E-state index in [0.717, 1.165) is 0 Å². The van der Waals surface area contributed by atoms with E-state index in [0.29, 0.717) is 32.1 Å². The number of nitrogens with zero attached hydrogens (tertiary/aromatic N) is 4. The first-order valence-electron chi connectivity index (χ1n) is 6.07. The summed E-state index contributed by atoms with van der Waals surface area (Å²) in [6, 6.07) is 0.242. The van der Waals surface area contributed by atoms with Gasteiger partial charge in [0.1, 0.15) is 0 Å². The van der Waals surface area contributed by atoms with Crippen LogP contribution in [0.4, 0.5) is 5.95 Å². The van der Waals surface area contributed by atoms with Crippen molar-refractivity contribution < 1.29 is 9.84 Å². The van der Waals surface area contributed by atoms with Crippen LogP contribution in [0, 0.1) is 5.92 Å². The van der Waals surface area contributed by atoms with Crippen LogP contribution >= 0.6 is 11.6 Å². The zero-order valence-corrected chi connectivity index (χ0v) is 11.3. The normalized spacial score (nSPS) is 24.1. The molecule has 0 saturated carbocycles. The van der Waals surface area contributed by atoms with Gasteiger partial charge in [-0.05, 0) is 30.9 Å². The molecular formula is C11H17ClN4O2. The minimum absolute atomic E-state index is 0.127. The maximum atomic E-state index is 9.71. The SMILES string of the molecule is CCOc1nc(Cl)nc(N2CCC(O)C(C)C2)n1. The van der Waals surface area contributed by atoms with E-state index in [4.69, 9.17) is 16.3 Å². The van der Waals surface area contributed by atoms with Crippen LogP contribution < -0.4 is 9.64 Å². The zero-order chi connectivity index (χ0) is 13.1. The molecule has 1 aliphatic heterocycles. The number of anilines is 1. The van der Waals surface area contributed by atoms with Gasteiger partial charge in [0.25, 0.3) is 0 Å². The molecule has 18 heavy (non-hydrogen) atoms. The lowest BCUT2D eigenvalue weighted by atomic mass is 9.97. The van der Waals surface area contributed by atoms with Crippen LogP contribution in [0.15, 0.2) is 0 Å². The molecule has 0 radical (unpaired) electrons. The van der Waals surface area contributed by atoms with E-state index in [1.54, 1.807) is 0 Å². The summed E-state index contributed by atoms with van der Waals surface area (Å²) in [5, 5.41) is 9.83. The van der Waals surface area contributed by atoms with Gasteiger partial charge < -0.3 is 14.7 Å². The Morgan fingerprint density at radius 1 is 1.44 bits per heavy atom. The molecular weight excluding hydrogens is 256 g/mol. The lowest BCUT2D eigenvalue weighted by Crippen LogP contribution is -2.42. The highest BCUT2D eigenvalue weighted by atomic mass is 35.5. The molecule has 1 fully saturated rings. The molecule has 6 nitrogen and oxygen atoms in total. The Bertz CT molecular complexity index is 418. The van der Waals surface area contributed by atoms with Crippen molar-refractivity contribution in [3.8, 4) is 6.01 Å². The Balaban J connectivity index is 2.17. The third-order valence-corrected chi connectivity index (χ3v) is 3.16. The second kappa shape index (κ2) is 5.67. The highest BCUT2D eigenvalue weighted by Gasteiger charge is 2.26. The summed E-state index contributed by atoms with van der Waals surface area (Å²) in [7, 11) is 0. The van der Waals surface area contributed by atoms with Gasteiger partial charge in [0.05, 0.1) is 12.7 Å². The number of hydrogen-bond donors (Lipinski definition) is 1. The number of aliphatic hydroxyl groups is 1. The highest BCUT2D eigenvalue weighted by molar-refractivity contribution is 6.28. The molecule has 2 heterocycles. The molecule has 2 rings (SSSR count). The van der Waals surface area contributed by atoms with Crippen molar-refractivity contribution in [2.75, 3.05) is 24.6 Å². The average Bonchev–Trinajstić information content (AvgIpc) is 2.32. The quantitative estimate of drug-likeness (QED) is 0.889. The fourth-order valence-corrected chi connectivity index (χ4v) is 2.12. The van der Waals surface area contributed by atoms with Gasteiger partial charge in [0, 0.05) is 13.1 Å². The van der Waals surface area contributed by atoms with Crippen molar-refractivity contribution in [1.82, 2.24) is 15.0 Å². The van der Waals surface area contributed by atoms with Crippen LogP contribution in [0.25, 0.3) is 0 Å². The largest absolute Gasteiger partial charge is 0.464 e. The van der Waals surface area contributed by atoms with Crippen LogP contribution in [0.2, 0.25) is 5.28 Å². The van der Waals surface area contributed by atoms with Crippen LogP contribution in [-0.4, -0.2) is 45.9 Å². The molecule has 1 aromatic heterocycles. The lowest BCUT2D eigenvalue weighted by Gasteiger charge is -2.34. The van der Waals surface area contributed by atoms with Crippen LogP contribution in [0.3, 0.4) is 0 Å². The molecule has 1 aliphatic rings. The Labute approximate surface area is 111 Å². The highest BCUT2D eigenvalue weighted by Crippen LogP contribution is 2.22. The second-order valence-electron chi connectivity index (χ2n) is 4.40. The van der Waals surface area contributed by atoms with E-state index in [2.05, 4.69) is 15.0 Å². The molecule has 2 atom stereocenters.